The summed E-state index contributed by atoms with van der Waals surface area (Å²) in [5, 5.41) is 3.44. The molecule has 1 aromatic carbocycles. The molecule has 1 aromatic rings. The van der Waals surface area contributed by atoms with E-state index in [4.69, 9.17) is 14.5 Å². The first-order valence-electron chi connectivity index (χ1n) is 9.96. The van der Waals surface area contributed by atoms with E-state index < -0.39 is 0 Å². The molecule has 1 N–H and O–H groups in total. The van der Waals surface area contributed by atoms with Gasteiger partial charge in [-0.05, 0) is 37.3 Å². The number of hydrogen-bond acceptors (Lipinski definition) is 3. The Hall–Kier alpha value is -1.02. The molecule has 1 spiro atoms. The molecule has 0 aliphatic carbocycles. The Labute approximate surface area is 180 Å². The van der Waals surface area contributed by atoms with Crippen molar-refractivity contribution in [3.05, 3.63) is 29.8 Å². The van der Waals surface area contributed by atoms with Crippen LogP contribution in [0.5, 0.6) is 5.75 Å². The van der Waals surface area contributed by atoms with Crippen molar-refractivity contribution in [1.29, 1.82) is 0 Å². The van der Waals surface area contributed by atoms with Crippen molar-refractivity contribution in [3.63, 3.8) is 0 Å². The third kappa shape index (κ3) is 5.73. The highest BCUT2D eigenvalue weighted by Crippen LogP contribution is 2.38. The molecule has 0 amide bonds. The average molecular weight is 487 g/mol. The molecule has 0 radical (unpaired) electrons. The summed E-state index contributed by atoms with van der Waals surface area (Å²) in [5.74, 6) is 2.45. The number of nitrogens with zero attached hydrogens (tertiary/aromatic N) is 2. The van der Waals surface area contributed by atoms with Gasteiger partial charge in [0.25, 0.3) is 0 Å². The number of para-hydroxylation sites is 1. The van der Waals surface area contributed by atoms with Crippen molar-refractivity contribution in [2.45, 2.75) is 39.5 Å². The normalized spacial score (nSPS) is 22.4. The second kappa shape index (κ2) is 10.5. The van der Waals surface area contributed by atoms with Crippen LogP contribution < -0.4 is 10.1 Å². The zero-order chi connectivity index (χ0) is 18.4. The van der Waals surface area contributed by atoms with E-state index >= 15 is 0 Å². The maximum absolute atomic E-state index is 6.01. The van der Waals surface area contributed by atoms with Crippen LogP contribution in [0.1, 0.15) is 45.1 Å². The number of ether oxygens (including phenoxy) is 2. The first-order valence-corrected chi connectivity index (χ1v) is 9.96. The number of halogens is 1. The largest absolute Gasteiger partial charge is 0.491 e. The second-order valence-corrected chi connectivity index (χ2v) is 7.75. The monoisotopic (exact) mass is 487 g/mol. The summed E-state index contributed by atoms with van der Waals surface area (Å²) < 4.78 is 11.7. The van der Waals surface area contributed by atoms with Gasteiger partial charge >= 0.3 is 0 Å². The van der Waals surface area contributed by atoms with Crippen LogP contribution in [-0.4, -0.2) is 56.9 Å². The maximum Gasteiger partial charge on any atom is 0.194 e. The Kier molecular flexibility index (Phi) is 8.66. The smallest absolute Gasteiger partial charge is 0.194 e. The van der Waals surface area contributed by atoms with Crippen LogP contribution in [0, 0.1) is 5.41 Å². The Morgan fingerprint density at radius 1 is 1.33 bits per heavy atom. The SMILES string of the molecule is CCNC(=NCCOc1ccccc1C(C)C)N1CCC2(CCOC2)C1.I. The molecule has 3 rings (SSSR count). The van der Waals surface area contributed by atoms with Gasteiger partial charge in [-0.3, -0.25) is 0 Å². The van der Waals surface area contributed by atoms with Gasteiger partial charge in [-0.25, -0.2) is 4.99 Å². The van der Waals surface area contributed by atoms with Crippen molar-refractivity contribution in [2.75, 3.05) is 46.0 Å². The number of nitrogens with one attached hydrogen (secondary N) is 1. The summed E-state index contributed by atoms with van der Waals surface area (Å²) >= 11 is 0. The summed E-state index contributed by atoms with van der Waals surface area (Å²) in [6.45, 7) is 12.6. The highest BCUT2D eigenvalue weighted by molar-refractivity contribution is 14.0. The summed E-state index contributed by atoms with van der Waals surface area (Å²) in [5.41, 5.74) is 1.61. The minimum Gasteiger partial charge on any atom is -0.491 e. The van der Waals surface area contributed by atoms with Crippen molar-refractivity contribution in [3.8, 4) is 5.75 Å². The van der Waals surface area contributed by atoms with Crippen LogP contribution in [0.3, 0.4) is 0 Å². The number of rotatable bonds is 6. The molecule has 2 fully saturated rings. The molecule has 1 atom stereocenters. The van der Waals surface area contributed by atoms with Gasteiger partial charge in [-0.1, -0.05) is 32.0 Å². The van der Waals surface area contributed by atoms with E-state index in [9.17, 15) is 0 Å². The van der Waals surface area contributed by atoms with Crippen LogP contribution >= 0.6 is 24.0 Å². The standard InChI is InChI=1S/C21H33N3O2.HI/c1-4-22-20(24-12-9-21(15-24)10-13-25-16-21)23-11-14-26-19-8-6-5-7-18(19)17(2)3;/h5-8,17H,4,9-16H2,1-3H3,(H,22,23);1H. The van der Waals surface area contributed by atoms with E-state index in [2.05, 4.69) is 49.2 Å². The highest BCUT2D eigenvalue weighted by atomic mass is 127. The fourth-order valence-electron chi connectivity index (χ4n) is 3.91. The minimum atomic E-state index is 0. The van der Waals surface area contributed by atoms with Crippen LogP contribution in [0.15, 0.2) is 29.3 Å². The van der Waals surface area contributed by atoms with E-state index in [1.165, 1.54) is 18.4 Å². The van der Waals surface area contributed by atoms with Gasteiger partial charge in [0.15, 0.2) is 5.96 Å². The summed E-state index contributed by atoms with van der Waals surface area (Å²) in [6.07, 6.45) is 2.38. The number of aliphatic imine (C=N–C) groups is 1. The van der Waals surface area contributed by atoms with Gasteiger partial charge in [0.1, 0.15) is 12.4 Å². The molecule has 27 heavy (non-hydrogen) atoms. The van der Waals surface area contributed by atoms with Gasteiger partial charge in [0, 0.05) is 31.7 Å². The zero-order valence-corrected chi connectivity index (χ0v) is 19.2. The van der Waals surface area contributed by atoms with E-state index in [0.29, 0.717) is 24.5 Å². The van der Waals surface area contributed by atoms with E-state index in [1.54, 1.807) is 0 Å². The molecule has 0 saturated carbocycles. The van der Waals surface area contributed by atoms with E-state index in [0.717, 1.165) is 44.6 Å². The third-order valence-electron chi connectivity index (χ3n) is 5.41. The second-order valence-electron chi connectivity index (χ2n) is 7.75. The molecule has 2 aliphatic heterocycles. The third-order valence-corrected chi connectivity index (χ3v) is 5.41. The molecule has 2 heterocycles. The van der Waals surface area contributed by atoms with Crippen LogP contribution in [0.4, 0.5) is 0 Å². The average Bonchev–Trinajstić information content (AvgIpc) is 3.28. The van der Waals surface area contributed by atoms with Crippen molar-refractivity contribution in [2.24, 2.45) is 10.4 Å². The maximum atomic E-state index is 6.01. The fourth-order valence-corrected chi connectivity index (χ4v) is 3.91. The van der Waals surface area contributed by atoms with Crippen LogP contribution in [-0.2, 0) is 4.74 Å². The van der Waals surface area contributed by atoms with Gasteiger partial charge in [-0.2, -0.15) is 0 Å². The summed E-state index contributed by atoms with van der Waals surface area (Å²) in [7, 11) is 0. The van der Waals surface area contributed by atoms with Gasteiger partial charge in [0.05, 0.1) is 13.2 Å². The van der Waals surface area contributed by atoms with Gasteiger partial charge < -0.3 is 19.7 Å². The molecular weight excluding hydrogens is 453 g/mol. The van der Waals surface area contributed by atoms with Crippen molar-refractivity contribution >= 4 is 29.9 Å². The topological polar surface area (TPSA) is 46.1 Å². The first kappa shape index (κ1) is 22.3. The summed E-state index contributed by atoms with van der Waals surface area (Å²) in [4.78, 5) is 7.19. The molecule has 0 aromatic heterocycles. The highest BCUT2D eigenvalue weighted by Gasteiger charge is 2.42. The molecule has 1 unspecified atom stereocenters. The lowest BCUT2D eigenvalue weighted by Crippen LogP contribution is -2.41. The molecule has 6 heteroatoms. The number of likely N-dealkylation sites (tertiary alicyclic amines) is 1. The molecule has 5 nitrogen and oxygen atoms in total. The molecule has 2 aliphatic rings. The van der Waals surface area contributed by atoms with Crippen molar-refractivity contribution < 1.29 is 9.47 Å². The molecular formula is C21H34IN3O2. The van der Waals surface area contributed by atoms with Crippen LogP contribution in [0.25, 0.3) is 0 Å². The number of hydrogen-bond donors (Lipinski definition) is 1. The number of guanidine groups is 1. The zero-order valence-electron chi connectivity index (χ0n) is 16.9. The molecule has 2 saturated heterocycles. The van der Waals surface area contributed by atoms with E-state index in [1.807, 2.05) is 6.07 Å². The van der Waals surface area contributed by atoms with Crippen LogP contribution in [0.2, 0.25) is 0 Å². The lowest BCUT2D eigenvalue weighted by atomic mass is 9.87. The Morgan fingerprint density at radius 2 is 2.15 bits per heavy atom. The Bertz CT molecular complexity index is 615. The van der Waals surface area contributed by atoms with Crippen molar-refractivity contribution in [1.82, 2.24) is 10.2 Å². The fraction of sp³-hybridized carbons (Fsp3) is 0.667. The quantitative estimate of drug-likeness (QED) is 0.286. The number of benzene rings is 1. The first-order chi connectivity index (χ1) is 12.6. The molecule has 0 bridgehead atoms. The Morgan fingerprint density at radius 3 is 2.85 bits per heavy atom. The summed E-state index contributed by atoms with van der Waals surface area (Å²) in [6, 6.07) is 8.29. The van der Waals surface area contributed by atoms with E-state index in [-0.39, 0.29) is 24.0 Å². The minimum absolute atomic E-state index is 0. The predicted molar refractivity (Wildman–Crippen MR) is 121 cm³/mol. The van der Waals surface area contributed by atoms with Gasteiger partial charge in [-0.15, -0.1) is 24.0 Å². The Balaban J connectivity index is 0.00000261. The molecule has 152 valence electrons. The lowest BCUT2D eigenvalue weighted by molar-refractivity contribution is 0.156. The predicted octanol–water partition coefficient (Wildman–Crippen LogP) is 3.88. The van der Waals surface area contributed by atoms with Gasteiger partial charge in [0.2, 0.25) is 0 Å². The lowest BCUT2D eigenvalue weighted by Gasteiger charge is -2.25.